The van der Waals surface area contributed by atoms with Gasteiger partial charge in [0.15, 0.2) is 0 Å². The third kappa shape index (κ3) is 4.65. The van der Waals surface area contributed by atoms with Crippen molar-refractivity contribution < 1.29 is 4.79 Å². The van der Waals surface area contributed by atoms with Crippen LogP contribution < -0.4 is 5.73 Å². The zero-order chi connectivity index (χ0) is 15.2. The van der Waals surface area contributed by atoms with E-state index in [1.807, 2.05) is 4.90 Å². The zero-order valence-corrected chi connectivity index (χ0v) is 14.0. The minimum atomic E-state index is -0.250. The molecule has 0 spiro atoms. The van der Waals surface area contributed by atoms with E-state index in [1.54, 1.807) is 0 Å². The third-order valence-corrected chi connectivity index (χ3v) is 5.14. The van der Waals surface area contributed by atoms with E-state index in [4.69, 9.17) is 18.0 Å². The van der Waals surface area contributed by atoms with Crippen LogP contribution >= 0.6 is 12.2 Å². The number of hydrogen-bond acceptors (Lipinski definition) is 3. The molecule has 1 amide bonds. The van der Waals surface area contributed by atoms with Gasteiger partial charge in [0.05, 0.1) is 10.9 Å². The average Bonchev–Trinajstić information content (AvgIpc) is 2.97. The summed E-state index contributed by atoms with van der Waals surface area (Å²) in [6.07, 6.45) is 6.67. The summed E-state index contributed by atoms with van der Waals surface area (Å²) in [6, 6.07) is 0. The van der Waals surface area contributed by atoms with Gasteiger partial charge in [-0.1, -0.05) is 25.6 Å². The summed E-state index contributed by atoms with van der Waals surface area (Å²) >= 11 is 5.07. The number of carbonyl (C=O) groups excluding carboxylic acids is 1. The average molecular weight is 311 g/mol. The van der Waals surface area contributed by atoms with Crippen molar-refractivity contribution in [1.82, 2.24) is 9.80 Å². The Morgan fingerprint density at radius 1 is 1.24 bits per heavy atom. The fourth-order valence-electron chi connectivity index (χ4n) is 3.56. The summed E-state index contributed by atoms with van der Waals surface area (Å²) in [5.41, 5.74) is 5.74. The fourth-order valence-corrected chi connectivity index (χ4v) is 3.78. The minimum Gasteiger partial charge on any atom is -0.393 e. The van der Waals surface area contributed by atoms with Crippen LogP contribution in [-0.4, -0.2) is 53.4 Å². The van der Waals surface area contributed by atoms with Crippen molar-refractivity contribution in [1.29, 1.82) is 0 Å². The number of nitrogens with zero attached hydrogens (tertiary/aromatic N) is 2. The van der Waals surface area contributed by atoms with Gasteiger partial charge in [-0.3, -0.25) is 4.79 Å². The van der Waals surface area contributed by atoms with Gasteiger partial charge in [0.2, 0.25) is 5.91 Å². The van der Waals surface area contributed by atoms with Gasteiger partial charge in [0, 0.05) is 19.6 Å². The van der Waals surface area contributed by atoms with E-state index in [-0.39, 0.29) is 11.8 Å². The molecule has 21 heavy (non-hydrogen) atoms. The standard InChI is InChI=1S/C16H29N3OS/c1-2-5-14(15(17)21)16(20)19-10-6-13(7-11-19)12-18-8-3-4-9-18/h13-14H,2-12H2,1H3,(H2,17,21). The normalized spacial score (nSPS) is 22.4. The second-order valence-electron chi connectivity index (χ2n) is 6.52. The fraction of sp³-hybridized carbons (Fsp3) is 0.875. The van der Waals surface area contributed by atoms with Crippen LogP contribution in [0.4, 0.5) is 0 Å². The van der Waals surface area contributed by atoms with Crippen LogP contribution in [0.2, 0.25) is 0 Å². The lowest BCUT2D eigenvalue weighted by molar-refractivity contribution is -0.135. The number of piperidine rings is 1. The van der Waals surface area contributed by atoms with Crippen molar-refractivity contribution in [3.05, 3.63) is 0 Å². The first kappa shape index (κ1) is 16.7. The van der Waals surface area contributed by atoms with Gasteiger partial charge in [-0.05, 0) is 51.1 Å². The van der Waals surface area contributed by atoms with E-state index in [9.17, 15) is 4.79 Å². The molecule has 0 saturated carbocycles. The first-order chi connectivity index (χ1) is 10.1. The van der Waals surface area contributed by atoms with Crippen LogP contribution in [0.1, 0.15) is 45.4 Å². The third-order valence-electron chi connectivity index (χ3n) is 4.86. The van der Waals surface area contributed by atoms with Gasteiger partial charge in [0.1, 0.15) is 0 Å². The maximum absolute atomic E-state index is 12.5. The molecule has 120 valence electrons. The summed E-state index contributed by atoms with van der Waals surface area (Å²) in [7, 11) is 0. The predicted octanol–water partition coefficient (Wildman–Crippen LogP) is 2.02. The van der Waals surface area contributed by atoms with Gasteiger partial charge in [-0.25, -0.2) is 0 Å². The summed E-state index contributed by atoms with van der Waals surface area (Å²) < 4.78 is 0. The molecule has 5 heteroatoms. The molecular formula is C16H29N3OS. The van der Waals surface area contributed by atoms with Gasteiger partial charge in [0.25, 0.3) is 0 Å². The van der Waals surface area contributed by atoms with E-state index in [2.05, 4.69) is 11.8 Å². The molecule has 2 saturated heterocycles. The monoisotopic (exact) mass is 311 g/mol. The number of thiocarbonyl (C=S) groups is 1. The smallest absolute Gasteiger partial charge is 0.232 e. The first-order valence-corrected chi connectivity index (χ1v) is 8.83. The maximum Gasteiger partial charge on any atom is 0.232 e. The quantitative estimate of drug-likeness (QED) is 0.763. The number of rotatable bonds is 6. The van der Waals surface area contributed by atoms with E-state index in [0.717, 1.165) is 44.7 Å². The van der Waals surface area contributed by atoms with Crippen molar-refractivity contribution >= 4 is 23.1 Å². The van der Waals surface area contributed by atoms with Crippen molar-refractivity contribution in [2.45, 2.75) is 45.4 Å². The van der Waals surface area contributed by atoms with E-state index in [0.29, 0.717) is 4.99 Å². The highest BCUT2D eigenvalue weighted by molar-refractivity contribution is 7.80. The topological polar surface area (TPSA) is 49.6 Å². The molecule has 0 bridgehead atoms. The van der Waals surface area contributed by atoms with Crippen molar-refractivity contribution in [3.8, 4) is 0 Å². The molecule has 2 aliphatic heterocycles. The SMILES string of the molecule is CCCC(C(=O)N1CCC(CN2CCCC2)CC1)C(N)=S. The first-order valence-electron chi connectivity index (χ1n) is 8.42. The number of hydrogen-bond donors (Lipinski definition) is 1. The van der Waals surface area contributed by atoms with Gasteiger partial charge in [-0.2, -0.15) is 0 Å². The maximum atomic E-state index is 12.5. The minimum absolute atomic E-state index is 0.156. The Labute approximate surface area is 134 Å². The zero-order valence-electron chi connectivity index (χ0n) is 13.2. The molecule has 0 aromatic rings. The molecular weight excluding hydrogens is 282 g/mol. The van der Waals surface area contributed by atoms with Crippen LogP contribution in [0.3, 0.4) is 0 Å². The lowest BCUT2D eigenvalue weighted by Crippen LogP contribution is -2.46. The molecule has 0 radical (unpaired) electrons. The van der Waals surface area contributed by atoms with Crippen LogP contribution in [-0.2, 0) is 4.79 Å². The molecule has 1 unspecified atom stereocenters. The van der Waals surface area contributed by atoms with E-state index in [1.165, 1.54) is 32.5 Å². The molecule has 0 aromatic heterocycles. The second kappa shape index (κ2) is 8.08. The van der Waals surface area contributed by atoms with Gasteiger partial charge >= 0.3 is 0 Å². The Morgan fingerprint density at radius 3 is 2.38 bits per heavy atom. The molecule has 2 rings (SSSR count). The molecule has 1 atom stereocenters. The van der Waals surface area contributed by atoms with Crippen molar-refractivity contribution in [2.24, 2.45) is 17.6 Å². The molecule has 4 nitrogen and oxygen atoms in total. The summed E-state index contributed by atoms with van der Waals surface area (Å²) in [4.78, 5) is 17.5. The highest BCUT2D eigenvalue weighted by Crippen LogP contribution is 2.22. The number of likely N-dealkylation sites (tertiary alicyclic amines) is 2. The highest BCUT2D eigenvalue weighted by Gasteiger charge is 2.30. The number of nitrogens with two attached hydrogens (primary N) is 1. The van der Waals surface area contributed by atoms with Crippen molar-refractivity contribution in [2.75, 3.05) is 32.7 Å². The number of amides is 1. The molecule has 2 aliphatic rings. The Balaban J connectivity index is 1.79. The lowest BCUT2D eigenvalue weighted by atomic mass is 9.94. The molecule has 0 aromatic carbocycles. The summed E-state index contributed by atoms with van der Waals surface area (Å²) in [5, 5.41) is 0. The van der Waals surface area contributed by atoms with Crippen LogP contribution in [0, 0.1) is 11.8 Å². The van der Waals surface area contributed by atoms with Crippen molar-refractivity contribution in [3.63, 3.8) is 0 Å². The second-order valence-corrected chi connectivity index (χ2v) is 6.99. The van der Waals surface area contributed by atoms with Crippen LogP contribution in [0.15, 0.2) is 0 Å². The Bertz CT molecular complexity index is 361. The highest BCUT2D eigenvalue weighted by atomic mass is 32.1. The van der Waals surface area contributed by atoms with Gasteiger partial charge in [-0.15, -0.1) is 0 Å². The molecule has 2 N–H and O–H groups in total. The van der Waals surface area contributed by atoms with E-state index >= 15 is 0 Å². The molecule has 2 fully saturated rings. The Morgan fingerprint density at radius 2 is 1.86 bits per heavy atom. The molecule has 2 heterocycles. The predicted molar refractivity (Wildman–Crippen MR) is 90.2 cm³/mol. The van der Waals surface area contributed by atoms with Crippen LogP contribution in [0.5, 0.6) is 0 Å². The number of carbonyl (C=O) groups is 1. The summed E-state index contributed by atoms with van der Waals surface area (Å²) in [6.45, 7) is 7.56. The lowest BCUT2D eigenvalue weighted by Gasteiger charge is -2.35. The van der Waals surface area contributed by atoms with Gasteiger partial charge < -0.3 is 15.5 Å². The van der Waals surface area contributed by atoms with Crippen LogP contribution in [0.25, 0.3) is 0 Å². The molecule has 0 aliphatic carbocycles. The largest absolute Gasteiger partial charge is 0.393 e. The van der Waals surface area contributed by atoms with E-state index < -0.39 is 0 Å². The Hall–Kier alpha value is -0.680. The Kier molecular flexibility index (Phi) is 6.42. The summed E-state index contributed by atoms with van der Waals surface area (Å²) in [5.74, 6) is 0.658.